The Morgan fingerprint density at radius 1 is 1.18 bits per heavy atom. The fourth-order valence-corrected chi connectivity index (χ4v) is 3.88. The molecule has 0 amide bonds. The minimum atomic E-state index is -4.56. The average Bonchev–Trinajstić information content (AvgIpc) is 3.21. The molecule has 9 heteroatoms. The highest BCUT2D eigenvalue weighted by Crippen LogP contribution is 2.37. The van der Waals surface area contributed by atoms with Crippen molar-refractivity contribution in [2.24, 2.45) is 0 Å². The molecule has 0 aliphatic carbocycles. The zero-order valence-electron chi connectivity index (χ0n) is 19.2. The van der Waals surface area contributed by atoms with Crippen LogP contribution in [0.3, 0.4) is 0 Å². The number of alkyl halides is 3. The van der Waals surface area contributed by atoms with Crippen LogP contribution in [0.5, 0.6) is 11.5 Å². The molecule has 0 radical (unpaired) electrons. The van der Waals surface area contributed by atoms with Crippen LogP contribution in [0.15, 0.2) is 42.6 Å². The molecule has 3 aromatic rings. The lowest BCUT2D eigenvalue weighted by Crippen LogP contribution is -2.12. The molecule has 0 saturated heterocycles. The zero-order chi connectivity index (χ0) is 24.9. The number of H-pyrrole nitrogens is 1. The number of Topliss-reactive ketones (excluding diaryl/α,β-unsaturated/α-hetero) is 1. The number of ketones is 1. The first-order valence-electron chi connectivity index (χ1n) is 10.7. The minimum Gasteiger partial charge on any atom is -0.493 e. The number of rotatable bonds is 10. The molecule has 0 fully saturated rings. The van der Waals surface area contributed by atoms with Crippen LogP contribution in [-0.2, 0) is 24.0 Å². The van der Waals surface area contributed by atoms with Crippen LogP contribution >= 0.6 is 0 Å². The summed E-state index contributed by atoms with van der Waals surface area (Å²) in [7, 11) is 1.44. The number of ether oxygens (including phenoxy) is 2. The number of aromatic nitrogens is 2. The molecule has 3 rings (SSSR count). The summed E-state index contributed by atoms with van der Waals surface area (Å²) >= 11 is 0. The van der Waals surface area contributed by atoms with Gasteiger partial charge in [0, 0.05) is 35.8 Å². The van der Waals surface area contributed by atoms with E-state index in [0.717, 1.165) is 22.9 Å². The number of halogens is 3. The molecular formula is C25H27F3N2O4. The van der Waals surface area contributed by atoms with Gasteiger partial charge >= 0.3 is 6.18 Å². The quantitative estimate of drug-likeness (QED) is 0.432. The molecule has 0 aliphatic heterocycles. The lowest BCUT2D eigenvalue weighted by atomic mass is 9.87. The van der Waals surface area contributed by atoms with Gasteiger partial charge in [-0.25, -0.2) is 0 Å². The van der Waals surface area contributed by atoms with Gasteiger partial charge in [0.15, 0.2) is 11.5 Å². The highest BCUT2D eigenvalue weighted by Gasteiger charge is 2.33. The van der Waals surface area contributed by atoms with Gasteiger partial charge in [-0.15, -0.1) is 0 Å². The molecule has 0 spiro atoms. The Hall–Kier alpha value is -3.33. The van der Waals surface area contributed by atoms with Crippen molar-refractivity contribution in [3.8, 4) is 11.5 Å². The molecular weight excluding hydrogens is 449 g/mol. The van der Waals surface area contributed by atoms with E-state index in [0.29, 0.717) is 11.3 Å². The topological polar surface area (TPSA) is 84.4 Å². The highest BCUT2D eigenvalue weighted by atomic mass is 19.4. The second-order valence-corrected chi connectivity index (χ2v) is 8.07. The van der Waals surface area contributed by atoms with E-state index in [2.05, 4.69) is 10.2 Å². The van der Waals surface area contributed by atoms with Crippen LogP contribution in [0.4, 0.5) is 13.2 Å². The van der Waals surface area contributed by atoms with E-state index in [1.807, 2.05) is 6.92 Å². The number of nitrogens with one attached hydrogen (secondary N) is 1. The van der Waals surface area contributed by atoms with E-state index in [1.165, 1.54) is 20.1 Å². The van der Waals surface area contributed by atoms with Gasteiger partial charge in [0.25, 0.3) is 0 Å². The molecule has 1 atom stereocenters. The second-order valence-electron chi connectivity index (χ2n) is 8.07. The van der Waals surface area contributed by atoms with Crippen LogP contribution in [0, 0.1) is 6.92 Å². The van der Waals surface area contributed by atoms with E-state index in [9.17, 15) is 18.0 Å². The van der Waals surface area contributed by atoms with Gasteiger partial charge in [0.05, 0.1) is 18.9 Å². The van der Waals surface area contributed by atoms with Crippen LogP contribution in [0.1, 0.15) is 52.8 Å². The number of hydrogen-bond acceptors (Lipinski definition) is 5. The van der Waals surface area contributed by atoms with Gasteiger partial charge in [-0.05, 0) is 49.6 Å². The fourth-order valence-electron chi connectivity index (χ4n) is 3.88. The Bertz CT molecular complexity index is 1140. The molecule has 2 N–H and O–H groups in total. The third kappa shape index (κ3) is 5.96. The standard InChI is InChI=1S/C25H27F3N2O4/c1-15(32)10-20(21-13-29-30-16(21)2)18-6-7-23(24(12-18)33-3)34-14-19-5-4-17(8-9-31)11-22(19)25(26,27)28/h4-7,11-13,20,31H,8-10,14H2,1-3H3,(H,29,30). The molecule has 0 bridgehead atoms. The number of aryl methyl sites for hydroxylation is 1. The maximum absolute atomic E-state index is 13.6. The van der Waals surface area contributed by atoms with Crippen LogP contribution < -0.4 is 9.47 Å². The number of carbonyl (C=O) groups is 1. The summed E-state index contributed by atoms with van der Waals surface area (Å²) in [6.07, 6.45) is -2.48. The summed E-state index contributed by atoms with van der Waals surface area (Å²) in [4.78, 5) is 11.9. The van der Waals surface area contributed by atoms with Crippen molar-refractivity contribution in [2.75, 3.05) is 13.7 Å². The van der Waals surface area contributed by atoms with Crippen LogP contribution in [0.25, 0.3) is 0 Å². The summed E-state index contributed by atoms with van der Waals surface area (Å²) < 4.78 is 51.9. The number of carbonyl (C=O) groups excluding carboxylic acids is 1. The number of hydrogen-bond donors (Lipinski definition) is 2. The Balaban J connectivity index is 1.88. The summed E-state index contributed by atoms with van der Waals surface area (Å²) in [6.45, 7) is 2.83. The van der Waals surface area contributed by atoms with E-state index < -0.39 is 11.7 Å². The zero-order valence-corrected chi connectivity index (χ0v) is 19.2. The Morgan fingerprint density at radius 3 is 2.53 bits per heavy atom. The van der Waals surface area contributed by atoms with Gasteiger partial charge in [0.1, 0.15) is 12.4 Å². The molecule has 6 nitrogen and oxygen atoms in total. The normalized spacial score (nSPS) is 12.4. The predicted molar refractivity (Wildman–Crippen MR) is 120 cm³/mol. The van der Waals surface area contributed by atoms with E-state index in [4.69, 9.17) is 14.6 Å². The molecule has 1 heterocycles. The van der Waals surface area contributed by atoms with Crippen molar-refractivity contribution in [1.82, 2.24) is 10.2 Å². The average molecular weight is 476 g/mol. The molecule has 34 heavy (non-hydrogen) atoms. The van der Waals surface area contributed by atoms with E-state index in [1.54, 1.807) is 30.5 Å². The molecule has 0 aliphatic rings. The fraction of sp³-hybridized carbons (Fsp3) is 0.360. The Labute approximate surface area is 195 Å². The maximum atomic E-state index is 13.6. The smallest absolute Gasteiger partial charge is 0.416 e. The Kier molecular flexibility index (Phi) is 7.98. The second kappa shape index (κ2) is 10.7. The van der Waals surface area contributed by atoms with Crippen molar-refractivity contribution >= 4 is 5.78 Å². The molecule has 2 aromatic carbocycles. The first-order chi connectivity index (χ1) is 16.1. The highest BCUT2D eigenvalue weighted by molar-refractivity contribution is 5.77. The third-order valence-corrected chi connectivity index (χ3v) is 5.59. The lowest BCUT2D eigenvalue weighted by molar-refractivity contribution is -0.138. The monoisotopic (exact) mass is 476 g/mol. The van der Waals surface area contributed by atoms with Gasteiger partial charge in [0.2, 0.25) is 0 Å². The first-order valence-corrected chi connectivity index (χ1v) is 10.7. The number of aromatic amines is 1. The number of aliphatic hydroxyl groups excluding tert-OH is 1. The van der Waals surface area contributed by atoms with Crippen LogP contribution in [-0.4, -0.2) is 34.8 Å². The Morgan fingerprint density at radius 2 is 1.94 bits per heavy atom. The summed E-state index contributed by atoms with van der Waals surface area (Å²) in [5.74, 6) is 0.381. The predicted octanol–water partition coefficient (Wildman–Crippen LogP) is 4.97. The molecule has 182 valence electrons. The molecule has 1 aromatic heterocycles. The lowest BCUT2D eigenvalue weighted by Gasteiger charge is -2.19. The van der Waals surface area contributed by atoms with Crippen LogP contribution in [0.2, 0.25) is 0 Å². The van der Waals surface area contributed by atoms with Gasteiger partial charge in [-0.2, -0.15) is 18.3 Å². The first kappa shape index (κ1) is 25.3. The third-order valence-electron chi connectivity index (χ3n) is 5.59. The van der Waals surface area contributed by atoms with Gasteiger partial charge < -0.3 is 14.6 Å². The van der Waals surface area contributed by atoms with E-state index >= 15 is 0 Å². The SMILES string of the molecule is COc1cc(C(CC(C)=O)c2cn[nH]c2C)ccc1OCc1ccc(CCO)cc1C(F)(F)F. The molecule has 0 saturated carbocycles. The minimum absolute atomic E-state index is 0.00854. The summed E-state index contributed by atoms with van der Waals surface area (Å²) in [5.41, 5.74) is 2.09. The largest absolute Gasteiger partial charge is 0.493 e. The van der Waals surface area contributed by atoms with Gasteiger partial charge in [-0.3, -0.25) is 9.89 Å². The maximum Gasteiger partial charge on any atom is 0.416 e. The number of benzene rings is 2. The van der Waals surface area contributed by atoms with Crippen molar-refractivity contribution < 1.29 is 32.5 Å². The van der Waals surface area contributed by atoms with Crippen molar-refractivity contribution in [2.45, 2.75) is 45.4 Å². The number of methoxy groups -OCH3 is 1. The number of aliphatic hydroxyl groups is 1. The molecule has 1 unspecified atom stereocenters. The van der Waals surface area contributed by atoms with Crippen molar-refractivity contribution in [3.63, 3.8) is 0 Å². The van der Waals surface area contributed by atoms with Crippen molar-refractivity contribution in [1.29, 1.82) is 0 Å². The van der Waals surface area contributed by atoms with Gasteiger partial charge in [-0.1, -0.05) is 18.2 Å². The summed E-state index contributed by atoms with van der Waals surface area (Å²) in [5, 5.41) is 16.0. The number of nitrogens with zero attached hydrogens (tertiary/aromatic N) is 1. The van der Waals surface area contributed by atoms with Crippen molar-refractivity contribution in [3.05, 3.63) is 76.1 Å². The summed E-state index contributed by atoms with van der Waals surface area (Å²) in [6, 6.07) is 9.07. The van der Waals surface area contributed by atoms with E-state index in [-0.39, 0.29) is 49.1 Å².